The highest BCUT2D eigenvalue weighted by Gasteiger charge is 2.68. The van der Waals surface area contributed by atoms with Gasteiger partial charge >= 0.3 is 5.97 Å². The molecule has 3 aliphatic rings. The summed E-state index contributed by atoms with van der Waals surface area (Å²) >= 11 is 0. The smallest absolute Gasteiger partial charge is 0.343 e. The fourth-order valence-corrected chi connectivity index (χ4v) is 6.68. The number of carbonyl (C=O) groups is 2. The number of methoxy groups -OCH3 is 2. The van der Waals surface area contributed by atoms with Crippen molar-refractivity contribution in [3.63, 3.8) is 0 Å². The number of phenolic OH excluding ortho intramolecular Hbond substituents is 3. The quantitative estimate of drug-likeness (QED) is 0.260. The molecule has 4 aromatic rings. The molecular weight excluding hydrogens is 492 g/mol. The van der Waals surface area contributed by atoms with Crippen molar-refractivity contribution in [1.82, 2.24) is 0 Å². The fraction of sp³-hybridized carbons (Fsp3) is 0.241. The van der Waals surface area contributed by atoms with Crippen LogP contribution in [-0.2, 0) is 10.3 Å². The zero-order valence-electron chi connectivity index (χ0n) is 20.9. The van der Waals surface area contributed by atoms with E-state index in [-0.39, 0.29) is 57.6 Å². The molecule has 9 nitrogen and oxygen atoms in total. The topological polar surface area (TPSA) is 132 Å². The van der Waals surface area contributed by atoms with Gasteiger partial charge in [-0.3, -0.25) is 4.79 Å². The zero-order chi connectivity index (χ0) is 26.9. The lowest BCUT2D eigenvalue weighted by molar-refractivity contribution is -0.121. The SMILES string of the molecule is COc1cc(O)c2c(c1)[C@@]13Oc4c(O)cc(C)c5c4c1c(c1c(O)cc(OC)cc15)C(=O)C[C@@]3(C)OC2=O. The van der Waals surface area contributed by atoms with Gasteiger partial charge in [-0.2, -0.15) is 0 Å². The largest absolute Gasteiger partial charge is 0.507 e. The van der Waals surface area contributed by atoms with E-state index in [1.807, 2.05) is 0 Å². The van der Waals surface area contributed by atoms with Crippen molar-refractivity contribution >= 4 is 33.3 Å². The number of ether oxygens (including phenoxy) is 4. The molecule has 1 aliphatic carbocycles. The van der Waals surface area contributed by atoms with E-state index in [0.717, 1.165) is 0 Å². The minimum absolute atomic E-state index is 0.109. The van der Waals surface area contributed by atoms with E-state index in [0.29, 0.717) is 38.4 Å². The Balaban J connectivity index is 1.78. The number of carbonyl (C=O) groups excluding carboxylic acids is 2. The molecular formula is C29H22O9. The summed E-state index contributed by atoms with van der Waals surface area (Å²) in [6.45, 7) is 3.41. The number of ketones is 1. The molecule has 7 rings (SSSR count). The maximum atomic E-state index is 13.9. The summed E-state index contributed by atoms with van der Waals surface area (Å²) in [7, 11) is 2.90. The van der Waals surface area contributed by atoms with Crippen molar-refractivity contribution in [1.29, 1.82) is 0 Å². The van der Waals surface area contributed by atoms with Crippen LogP contribution in [0.2, 0.25) is 0 Å². The molecule has 0 unspecified atom stereocenters. The van der Waals surface area contributed by atoms with Crippen LogP contribution in [0.15, 0.2) is 30.3 Å². The average molecular weight is 514 g/mol. The lowest BCUT2D eigenvalue weighted by atomic mass is 9.62. The van der Waals surface area contributed by atoms with E-state index in [9.17, 15) is 24.9 Å². The first-order chi connectivity index (χ1) is 18.1. The molecule has 9 heteroatoms. The number of aromatic hydroxyl groups is 3. The number of rotatable bonds is 2. The van der Waals surface area contributed by atoms with Crippen molar-refractivity contribution in [3.05, 3.63) is 58.1 Å². The predicted molar refractivity (Wildman–Crippen MR) is 135 cm³/mol. The van der Waals surface area contributed by atoms with Gasteiger partial charge in [0.25, 0.3) is 0 Å². The number of fused-ring (bicyclic) bond motifs is 4. The molecule has 0 fully saturated rings. The normalized spacial score (nSPS) is 22.6. The van der Waals surface area contributed by atoms with Gasteiger partial charge in [0.2, 0.25) is 5.60 Å². The summed E-state index contributed by atoms with van der Waals surface area (Å²) in [5.41, 5.74) is -1.86. The number of Topliss-reactive ketones (excluding diaryl/α,β-unsaturated/α-hetero) is 1. The van der Waals surface area contributed by atoms with Gasteiger partial charge in [0.05, 0.1) is 20.6 Å². The van der Waals surface area contributed by atoms with Gasteiger partial charge in [-0.15, -0.1) is 0 Å². The molecule has 38 heavy (non-hydrogen) atoms. The van der Waals surface area contributed by atoms with E-state index < -0.39 is 17.2 Å². The van der Waals surface area contributed by atoms with E-state index >= 15 is 0 Å². The summed E-state index contributed by atoms with van der Waals surface area (Å²) in [5.74, 6) is -1.12. The van der Waals surface area contributed by atoms with E-state index in [1.165, 1.54) is 26.4 Å². The van der Waals surface area contributed by atoms with E-state index in [2.05, 4.69) is 0 Å². The second kappa shape index (κ2) is 6.80. The summed E-state index contributed by atoms with van der Waals surface area (Å²) in [4.78, 5) is 27.2. The number of hydrogen-bond acceptors (Lipinski definition) is 9. The van der Waals surface area contributed by atoms with Crippen LogP contribution in [-0.4, -0.2) is 46.9 Å². The number of benzene rings is 4. The summed E-state index contributed by atoms with van der Waals surface area (Å²) in [6.07, 6.45) is -0.275. The first kappa shape index (κ1) is 22.5. The van der Waals surface area contributed by atoms with Gasteiger partial charge in [-0.05, 0) is 48.4 Å². The number of phenols is 3. The molecule has 2 atom stereocenters. The Hall–Kier alpha value is -4.66. The van der Waals surface area contributed by atoms with Crippen molar-refractivity contribution in [2.24, 2.45) is 0 Å². The summed E-state index contributed by atoms with van der Waals surface area (Å²) in [6, 6.07) is 7.58. The van der Waals surface area contributed by atoms with Crippen molar-refractivity contribution in [2.45, 2.75) is 31.5 Å². The van der Waals surface area contributed by atoms with Crippen LogP contribution in [0.1, 0.15) is 50.8 Å². The van der Waals surface area contributed by atoms with Gasteiger partial charge < -0.3 is 34.3 Å². The first-order valence-corrected chi connectivity index (χ1v) is 12.0. The molecule has 0 amide bonds. The number of aryl methyl sites for hydroxylation is 1. The fourth-order valence-electron chi connectivity index (χ4n) is 6.68. The van der Waals surface area contributed by atoms with Crippen molar-refractivity contribution < 1.29 is 43.9 Å². The minimum Gasteiger partial charge on any atom is -0.507 e. The molecule has 192 valence electrons. The third-order valence-corrected chi connectivity index (χ3v) is 8.16. The lowest BCUT2D eigenvalue weighted by Gasteiger charge is -2.51. The van der Waals surface area contributed by atoms with Crippen LogP contribution in [0.25, 0.3) is 21.5 Å². The Bertz CT molecular complexity index is 1820. The Labute approximate surface area is 215 Å². The average Bonchev–Trinajstić information content (AvgIpc) is 3.22. The summed E-state index contributed by atoms with van der Waals surface area (Å²) < 4.78 is 23.4. The second-order valence-corrected chi connectivity index (χ2v) is 10.2. The Morgan fingerprint density at radius 2 is 1.50 bits per heavy atom. The molecule has 0 radical (unpaired) electrons. The van der Waals surface area contributed by atoms with Crippen LogP contribution in [0, 0.1) is 6.92 Å². The monoisotopic (exact) mass is 514 g/mol. The van der Waals surface area contributed by atoms with Gasteiger partial charge in [0.1, 0.15) is 28.6 Å². The Morgan fingerprint density at radius 3 is 2.21 bits per heavy atom. The van der Waals surface area contributed by atoms with Crippen molar-refractivity contribution in [3.8, 4) is 34.5 Å². The maximum Gasteiger partial charge on any atom is 0.343 e. The molecule has 0 saturated heterocycles. The Kier molecular flexibility index (Phi) is 4.03. The summed E-state index contributed by atoms with van der Waals surface area (Å²) in [5, 5.41) is 35.1. The van der Waals surface area contributed by atoms with Crippen LogP contribution < -0.4 is 14.2 Å². The maximum absolute atomic E-state index is 13.9. The molecule has 4 aromatic carbocycles. The lowest BCUT2D eigenvalue weighted by Crippen LogP contribution is -2.62. The molecule has 0 bridgehead atoms. The molecule has 3 N–H and O–H groups in total. The molecule has 2 aliphatic heterocycles. The van der Waals surface area contributed by atoms with Crippen LogP contribution in [0.3, 0.4) is 0 Å². The second-order valence-electron chi connectivity index (χ2n) is 10.2. The standard InChI is InChI=1S/C29H22O9/c1-11-5-18(32)26-24-20(11)14-6-12(35-3)8-16(30)21(14)23-19(33)10-28(2)29(37-26,25(23)24)15-7-13(36-4)9-17(31)22(15)27(34)38-28/h5-9,30-32H,10H2,1-4H3/t28-,29-/m1/s1. The van der Waals surface area contributed by atoms with Gasteiger partial charge in [0.15, 0.2) is 22.9 Å². The highest BCUT2D eigenvalue weighted by Crippen LogP contribution is 2.66. The minimum atomic E-state index is -1.64. The third kappa shape index (κ3) is 2.33. The number of esters is 1. The first-order valence-electron chi connectivity index (χ1n) is 12.0. The van der Waals surface area contributed by atoms with E-state index in [4.69, 9.17) is 18.9 Å². The van der Waals surface area contributed by atoms with Gasteiger partial charge in [0, 0.05) is 39.6 Å². The van der Waals surface area contributed by atoms with Gasteiger partial charge in [-0.1, -0.05) is 0 Å². The van der Waals surface area contributed by atoms with Crippen LogP contribution in [0.5, 0.6) is 34.5 Å². The van der Waals surface area contributed by atoms with E-state index in [1.54, 1.807) is 32.0 Å². The highest BCUT2D eigenvalue weighted by molar-refractivity contribution is 6.26. The predicted octanol–water partition coefficient (Wildman–Crippen LogP) is 4.59. The molecule has 1 spiro atoms. The number of hydrogen-bond donors (Lipinski definition) is 3. The molecule has 0 aromatic heterocycles. The highest BCUT2D eigenvalue weighted by atomic mass is 16.6. The molecule has 2 heterocycles. The zero-order valence-corrected chi connectivity index (χ0v) is 20.9. The van der Waals surface area contributed by atoms with Gasteiger partial charge in [-0.25, -0.2) is 4.79 Å². The van der Waals surface area contributed by atoms with Crippen LogP contribution >= 0.6 is 0 Å². The van der Waals surface area contributed by atoms with Crippen LogP contribution in [0.4, 0.5) is 0 Å². The molecule has 0 saturated carbocycles. The third-order valence-electron chi connectivity index (χ3n) is 8.16. The Morgan fingerprint density at radius 1 is 0.816 bits per heavy atom. The van der Waals surface area contributed by atoms with Crippen molar-refractivity contribution in [2.75, 3.05) is 14.2 Å².